The van der Waals surface area contributed by atoms with Crippen LogP contribution in [-0.2, 0) is 0 Å². The highest BCUT2D eigenvalue weighted by molar-refractivity contribution is 5.49. The predicted molar refractivity (Wildman–Crippen MR) is 88.6 cm³/mol. The summed E-state index contributed by atoms with van der Waals surface area (Å²) in [5.74, 6) is 3.63. The number of rotatable bonds is 3. The third-order valence-electron chi connectivity index (χ3n) is 4.06. The van der Waals surface area contributed by atoms with Gasteiger partial charge in [-0.1, -0.05) is 12.0 Å². The lowest BCUT2D eigenvalue weighted by atomic mass is 10.0. The van der Waals surface area contributed by atoms with E-state index < -0.39 is 0 Å². The van der Waals surface area contributed by atoms with Crippen molar-refractivity contribution in [2.45, 2.75) is 25.1 Å². The van der Waals surface area contributed by atoms with E-state index in [9.17, 15) is 4.79 Å². The van der Waals surface area contributed by atoms with Crippen LogP contribution in [0.2, 0.25) is 0 Å². The van der Waals surface area contributed by atoms with Gasteiger partial charge >= 0.3 is 5.69 Å². The maximum atomic E-state index is 12.4. The number of benzene rings is 1. The van der Waals surface area contributed by atoms with Crippen LogP contribution >= 0.6 is 0 Å². The summed E-state index contributed by atoms with van der Waals surface area (Å²) >= 11 is 0. The molecule has 4 rings (SSSR count). The zero-order valence-corrected chi connectivity index (χ0v) is 12.9. The van der Waals surface area contributed by atoms with Gasteiger partial charge in [-0.25, -0.2) is 4.79 Å². The number of nitrogens with zero attached hydrogens (tertiary/aromatic N) is 3. The van der Waals surface area contributed by atoms with E-state index in [4.69, 9.17) is 11.2 Å². The highest BCUT2D eigenvalue weighted by Crippen LogP contribution is 2.37. The lowest BCUT2D eigenvalue weighted by molar-refractivity contribution is 0.279. The van der Waals surface area contributed by atoms with Crippen LogP contribution < -0.4 is 15.7 Å². The highest BCUT2D eigenvalue weighted by atomic mass is 16.5. The first-order chi connectivity index (χ1) is 11.7. The number of aromatic amines is 1. The molecule has 2 aliphatic rings. The third kappa shape index (κ3) is 2.20. The molecule has 0 aliphatic carbocycles. The van der Waals surface area contributed by atoms with Crippen molar-refractivity contribution >= 4 is 5.82 Å². The fourth-order valence-electron chi connectivity index (χ4n) is 2.92. The molecule has 0 spiro atoms. The average molecular weight is 321 g/mol. The molecule has 7 heteroatoms. The van der Waals surface area contributed by atoms with Gasteiger partial charge in [0.15, 0.2) is 18.1 Å². The van der Waals surface area contributed by atoms with E-state index >= 15 is 0 Å². The van der Waals surface area contributed by atoms with Gasteiger partial charge < -0.3 is 10.1 Å². The minimum atomic E-state index is -0.311. The molecule has 0 radical (unpaired) electrons. The Labute approximate surface area is 138 Å². The zero-order valence-electron chi connectivity index (χ0n) is 12.9. The summed E-state index contributed by atoms with van der Waals surface area (Å²) in [6.07, 6.45) is 8.66. The molecule has 24 heavy (non-hydrogen) atoms. The monoisotopic (exact) mass is 321 g/mol. The number of ether oxygens (including phenoxy) is 1. The molecule has 1 aromatic heterocycles. The second-order valence-electron chi connectivity index (χ2n) is 5.63. The van der Waals surface area contributed by atoms with E-state index in [1.165, 1.54) is 0 Å². The number of fused-ring (bicyclic) bond motifs is 3. The lowest BCUT2D eigenvalue weighted by Crippen LogP contribution is -2.27. The summed E-state index contributed by atoms with van der Waals surface area (Å²) in [5.41, 5.74) is 1.28. The quantitative estimate of drug-likeness (QED) is 0.850. The molecule has 0 saturated carbocycles. The summed E-state index contributed by atoms with van der Waals surface area (Å²) in [4.78, 5) is 15.2. The molecule has 0 fully saturated rings. The summed E-state index contributed by atoms with van der Waals surface area (Å²) in [6, 6.07) is 7.22. The number of imidazole rings is 1. The number of azo groups is 1. The van der Waals surface area contributed by atoms with E-state index in [0.717, 1.165) is 11.4 Å². The van der Waals surface area contributed by atoms with Gasteiger partial charge in [-0.15, -0.1) is 11.5 Å². The SMILES string of the molecule is C#CC(C)Oc1ccc(-n2c3c([nH]c2=O)N=NC2NC=CC32)cc1. The number of hydrogen-bond donors (Lipinski definition) is 2. The molecule has 2 N–H and O–H groups in total. The molecule has 7 nitrogen and oxygen atoms in total. The van der Waals surface area contributed by atoms with Gasteiger partial charge in [-0.2, -0.15) is 5.11 Å². The lowest BCUT2D eigenvalue weighted by Gasteiger charge is -2.20. The minimum absolute atomic E-state index is 0.0335. The molecule has 3 atom stereocenters. The first kappa shape index (κ1) is 14.3. The Balaban J connectivity index is 1.75. The molecule has 3 unspecified atom stereocenters. The number of nitrogens with one attached hydrogen (secondary N) is 2. The van der Waals surface area contributed by atoms with Gasteiger partial charge in [0.1, 0.15) is 5.75 Å². The van der Waals surface area contributed by atoms with Crippen LogP contribution in [0.3, 0.4) is 0 Å². The van der Waals surface area contributed by atoms with E-state index in [-0.39, 0.29) is 23.9 Å². The predicted octanol–water partition coefficient (Wildman–Crippen LogP) is 2.19. The first-order valence-electron chi connectivity index (χ1n) is 7.59. The van der Waals surface area contributed by atoms with Crippen molar-refractivity contribution < 1.29 is 4.74 Å². The normalized spacial score (nSPS) is 21.5. The summed E-state index contributed by atoms with van der Waals surface area (Å²) in [5, 5.41) is 11.4. The number of terminal acetylenes is 1. The average Bonchev–Trinajstić information content (AvgIpc) is 3.18. The Bertz CT molecular complexity index is 929. The Morgan fingerprint density at radius 1 is 1.38 bits per heavy atom. The molecular formula is C17H15N5O2. The third-order valence-corrected chi connectivity index (χ3v) is 4.06. The van der Waals surface area contributed by atoms with Crippen molar-refractivity contribution in [2.75, 3.05) is 0 Å². The molecule has 0 amide bonds. The smallest absolute Gasteiger partial charge is 0.332 e. The van der Waals surface area contributed by atoms with Crippen LogP contribution in [0.15, 0.2) is 51.6 Å². The summed E-state index contributed by atoms with van der Waals surface area (Å²) in [6.45, 7) is 1.80. The standard InChI is InChI=1S/C17H15N5O2/c1-3-10(2)24-12-6-4-11(5-7-12)22-14-13-8-9-18-15(13)20-21-16(14)19-17(22)23/h1,4-10,13,15,18H,2H3,(H,19,23). The maximum Gasteiger partial charge on any atom is 0.332 e. The highest BCUT2D eigenvalue weighted by Gasteiger charge is 2.34. The molecule has 3 heterocycles. The van der Waals surface area contributed by atoms with Gasteiger partial charge in [0.2, 0.25) is 0 Å². The molecule has 120 valence electrons. The number of hydrogen-bond acceptors (Lipinski definition) is 5. The van der Waals surface area contributed by atoms with E-state index in [2.05, 4.69) is 26.4 Å². The number of H-pyrrole nitrogens is 1. The van der Waals surface area contributed by atoms with Crippen LogP contribution in [-0.4, -0.2) is 21.8 Å². The van der Waals surface area contributed by atoms with Crippen molar-refractivity contribution in [2.24, 2.45) is 10.2 Å². The molecule has 0 bridgehead atoms. The van der Waals surface area contributed by atoms with Crippen molar-refractivity contribution in [1.29, 1.82) is 0 Å². The van der Waals surface area contributed by atoms with Crippen molar-refractivity contribution in [1.82, 2.24) is 14.9 Å². The van der Waals surface area contributed by atoms with Crippen LogP contribution in [0.1, 0.15) is 18.5 Å². The van der Waals surface area contributed by atoms with Crippen LogP contribution in [0.25, 0.3) is 5.69 Å². The van der Waals surface area contributed by atoms with Crippen LogP contribution in [0, 0.1) is 12.3 Å². The molecule has 2 aromatic rings. The second-order valence-corrected chi connectivity index (χ2v) is 5.63. The maximum absolute atomic E-state index is 12.4. The van der Waals surface area contributed by atoms with Crippen molar-refractivity contribution in [3.8, 4) is 23.8 Å². The summed E-state index contributed by atoms with van der Waals surface area (Å²) < 4.78 is 7.18. The fourth-order valence-corrected chi connectivity index (χ4v) is 2.92. The van der Waals surface area contributed by atoms with Gasteiger partial charge in [-0.3, -0.25) is 9.55 Å². The molecule has 0 saturated heterocycles. The van der Waals surface area contributed by atoms with Crippen LogP contribution in [0.4, 0.5) is 5.82 Å². The fraction of sp³-hybridized carbons (Fsp3) is 0.235. The van der Waals surface area contributed by atoms with E-state index in [0.29, 0.717) is 11.6 Å². The van der Waals surface area contributed by atoms with E-state index in [1.54, 1.807) is 23.6 Å². The Morgan fingerprint density at radius 2 is 2.17 bits per heavy atom. The topological polar surface area (TPSA) is 83.8 Å². The van der Waals surface area contributed by atoms with Crippen molar-refractivity contribution in [3.63, 3.8) is 0 Å². The first-order valence-corrected chi connectivity index (χ1v) is 7.59. The Hall–Kier alpha value is -3.27. The summed E-state index contributed by atoms with van der Waals surface area (Å²) in [7, 11) is 0. The van der Waals surface area contributed by atoms with Gasteiger partial charge in [0.25, 0.3) is 0 Å². The number of aromatic nitrogens is 2. The van der Waals surface area contributed by atoms with E-state index in [1.807, 2.05) is 24.4 Å². The zero-order chi connectivity index (χ0) is 16.7. The largest absolute Gasteiger partial charge is 0.478 e. The molecule has 2 aliphatic heterocycles. The molecule has 1 aromatic carbocycles. The van der Waals surface area contributed by atoms with Crippen molar-refractivity contribution in [3.05, 3.63) is 52.7 Å². The van der Waals surface area contributed by atoms with Gasteiger partial charge in [0, 0.05) is 0 Å². The minimum Gasteiger partial charge on any atom is -0.478 e. The molecular weight excluding hydrogens is 306 g/mol. The van der Waals surface area contributed by atoms with Gasteiger partial charge in [0.05, 0.1) is 17.3 Å². The Morgan fingerprint density at radius 3 is 2.92 bits per heavy atom. The van der Waals surface area contributed by atoms with Gasteiger partial charge in [-0.05, 0) is 37.4 Å². The van der Waals surface area contributed by atoms with Crippen LogP contribution in [0.5, 0.6) is 5.75 Å². The Kier molecular flexibility index (Phi) is 3.24. The second kappa shape index (κ2) is 5.42.